The molecule has 0 saturated carbocycles. The quantitative estimate of drug-likeness (QED) is 0.609. The predicted molar refractivity (Wildman–Crippen MR) is 71.5 cm³/mol. The van der Waals surface area contributed by atoms with E-state index in [4.69, 9.17) is 20.3 Å². The second kappa shape index (κ2) is 6.43. The maximum absolute atomic E-state index is 10.8. The molecule has 0 amide bonds. The minimum atomic E-state index is -0.989. The summed E-state index contributed by atoms with van der Waals surface area (Å²) >= 11 is 0. The van der Waals surface area contributed by atoms with E-state index in [1.165, 1.54) is 12.1 Å². The lowest BCUT2D eigenvalue weighted by Crippen LogP contribution is -2.08. The Morgan fingerprint density at radius 1 is 1.53 bits per heavy atom. The van der Waals surface area contributed by atoms with Gasteiger partial charge in [-0.15, -0.1) is 0 Å². The number of rotatable bonds is 6. The van der Waals surface area contributed by atoms with Crippen LogP contribution < -0.4 is 10.5 Å². The molecule has 1 aliphatic rings. The average molecular weight is 265 g/mol. The van der Waals surface area contributed by atoms with Crippen molar-refractivity contribution < 1.29 is 19.4 Å². The van der Waals surface area contributed by atoms with Gasteiger partial charge in [-0.05, 0) is 43.9 Å². The monoisotopic (exact) mass is 265 g/mol. The Hall–Kier alpha value is -1.75. The Kier molecular flexibility index (Phi) is 4.63. The van der Waals surface area contributed by atoms with Crippen molar-refractivity contribution in [1.82, 2.24) is 0 Å². The van der Waals surface area contributed by atoms with Gasteiger partial charge in [-0.2, -0.15) is 0 Å². The van der Waals surface area contributed by atoms with E-state index in [-0.39, 0.29) is 5.56 Å². The van der Waals surface area contributed by atoms with Gasteiger partial charge in [-0.25, -0.2) is 4.79 Å². The molecule has 1 heterocycles. The van der Waals surface area contributed by atoms with E-state index < -0.39 is 5.97 Å². The molecule has 1 unspecified atom stereocenters. The molecule has 1 aromatic rings. The van der Waals surface area contributed by atoms with Crippen molar-refractivity contribution in [3.8, 4) is 5.75 Å². The lowest BCUT2D eigenvalue weighted by atomic mass is 10.1. The lowest BCUT2D eigenvalue weighted by molar-refractivity contribution is 0.0697. The van der Waals surface area contributed by atoms with Crippen molar-refractivity contribution in [1.29, 1.82) is 0 Å². The van der Waals surface area contributed by atoms with Crippen molar-refractivity contribution in [2.24, 2.45) is 0 Å². The van der Waals surface area contributed by atoms with Crippen molar-refractivity contribution >= 4 is 11.7 Å². The number of aromatic carboxylic acids is 1. The highest BCUT2D eigenvalue weighted by Crippen LogP contribution is 2.23. The summed E-state index contributed by atoms with van der Waals surface area (Å²) in [4.78, 5) is 10.8. The topological polar surface area (TPSA) is 81.8 Å². The summed E-state index contributed by atoms with van der Waals surface area (Å²) < 4.78 is 11.1. The molecule has 3 N–H and O–H groups in total. The molecule has 104 valence electrons. The summed E-state index contributed by atoms with van der Waals surface area (Å²) in [6, 6.07) is 4.51. The molecule has 0 bridgehead atoms. The fourth-order valence-electron chi connectivity index (χ4n) is 2.18. The highest BCUT2D eigenvalue weighted by Gasteiger charge is 2.14. The average Bonchev–Trinajstić information content (AvgIpc) is 2.89. The Morgan fingerprint density at radius 2 is 2.37 bits per heavy atom. The summed E-state index contributed by atoms with van der Waals surface area (Å²) in [7, 11) is 0. The molecule has 1 atom stereocenters. The third-order valence-corrected chi connectivity index (χ3v) is 3.21. The predicted octanol–water partition coefficient (Wildman–Crippen LogP) is 2.31. The fourth-order valence-corrected chi connectivity index (χ4v) is 2.18. The van der Waals surface area contributed by atoms with Crippen LogP contribution in [0.5, 0.6) is 5.75 Å². The number of hydrogen-bond donors (Lipinski definition) is 2. The fraction of sp³-hybridized carbons (Fsp3) is 0.500. The summed E-state index contributed by atoms with van der Waals surface area (Å²) in [6.07, 6.45) is 4.55. The van der Waals surface area contributed by atoms with E-state index >= 15 is 0 Å². The number of anilines is 1. The van der Waals surface area contributed by atoms with Crippen LogP contribution in [0.3, 0.4) is 0 Å². The zero-order valence-electron chi connectivity index (χ0n) is 10.8. The first kappa shape index (κ1) is 13.7. The molecule has 5 nitrogen and oxygen atoms in total. The van der Waals surface area contributed by atoms with Crippen LogP contribution in [0.4, 0.5) is 5.69 Å². The summed E-state index contributed by atoms with van der Waals surface area (Å²) in [5.41, 5.74) is 6.28. The molecule has 0 spiro atoms. The Labute approximate surface area is 112 Å². The highest BCUT2D eigenvalue weighted by atomic mass is 16.5. The van der Waals surface area contributed by atoms with Gasteiger partial charge in [0.1, 0.15) is 5.75 Å². The van der Waals surface area contributed by atoms with Gasteiger partial charge in [0, 0.05) is 6.61 Å². The summed E-state index contributed by atoms with van der Waals surface area (Å²) in [5, 5.41) is 8.83. The van der Waals surface area contributed by atoms with Gasteiger partial charge in [0.15, 0.2) is 0 Å². The maximum Gasteiger partial charge on any atom is 0.335 e. The zero-order chi connectivity index (χ0) is 13.7. The van der Waals surface area contributed by atoms with Crippen molar-refractivity contribution in [2.75, 3.05) is 18.9 Å². The van der Waals surface area contributed by atoms with Crippen LogP contribution in [0.1, 0.15) is 36.0 Å². The zero-order valence-corrected chi connectivity index (χ0v) is 10.8. The van der Waals surface area contributed by atoms with Crippen molar-refractivity contribution in [3.63, 3.8) is 0 Å². The molecule has 2 rings (SSSR count). The van der Waals surface area contributed by atoms with Crippen LogP contribution >= 0.6 is 0 Å². The number of nitrogens with two attached hydrogens (primary N) is 1. The number of nitrogen functional groups attached to an aromatic ring is 1. The van der Waals surface area contributed by atoms with Gasteiger partial charge in [-0.1, -0.05) is 0 Å². The molecule has 0 aliphatic carbocycles. The SMILES string of the molecule is Nc1cc(C(=O)O)ccc1OCCCC1CCCO1. The van der Waals surface area contributed by atoms with Crippen LogP contribution in [-0.4, -0.2) is 30.4 Å². The van der Waals surface area contributed by atoms with E-state index in [0.29, 0.717) is 24.1 Å². The first-order chi connectivity index (χ1) is 9.16. The first-order valence-electron chi connectivity index (χ1n) is 6.54. The molecule has 1 aliphatic heterocycles. The van der Waals surface area contributed by atoms with Gasteiger partial charge in [0.05, 0.1) is 24.0 Å². The molecule has 1 fully saturated rings. The van der Waals surface area contributed by atoms with Crippen LogP contribution in [0.25, 0.3) is 0 Å². The summed E-state index contributed by atoms with van der Waals surface area (Å²) in [6.45, 7) is 1.44. The van der Waals surface area contributed by atoms with Gasteiger partial charge in [0.2, 0.25) is 0 Å². The van der Waals surface area contributed by atoms with E-state index in [0.717, 1.165) is 32.3 Å². The molecule has 1 aromatic carbocycles. The number of carbonyl (C=O) groups is 1. The van der Waals surface area contributed by atoms with Gasteiger partial charge in [0.25, 0.3) is 0 Å². The largest absolute Gasteiger partial charge is 0.491 e. The van der Waals surface area contributed by atoms with Gasteiger partial charge >= 0.3 is 5.97 Å². The maximum atomic E-state index is 10.8. The molecule has 1 saturated heterocycles. The van der Waals surface area contributed by atoms with E-state index in [2.05, 4.69) is 0 Å². The van der Waals surface area contributed by atoms with Crippen LogP contribution in [0, 0.1) is 0 Å². The van der Waals surface area contributed by atoms with E-state index in [1.807, 2.05) is 0 Å². The number of hydrogen-bond acceptors (Lipinski definition) is 4. The Bertz CT molecular complexity index is 441. The molecular formula is C14H19NO4. The molecular weight excluding hydrogens is 246 g/mol. The van der Waals surface area contributed by atoms with Crippen molar-refractivity contribution in [2.45, 2.75) is 31.8 Å². The molecule has 0 radical (unpaired) electrons. The lowest BCUT2D eigenvalue weighted by Gasteiger charge is -2.11. The number of ether oxygens (including phenoxy) is 2. The standard InChI is InChI=1S/C14H19NO4/c15-12-9-10(14(16)17)5-6-13(12)19-8-2-4-11-3-1-7-18-11/h5-6,9,11H,1-4,7-8,15H2,(H,16,17). The second-order valence-corrected chi connectivity index (χ2v) is 4.68. The number of carboxylic acids is 1. The highest BCUT2D eigenvalue weighted by molar-refractivity contribution is 5.89. The third kappa shape index (κ3) is 3.86. The summed E-state index contributed by atoms with van der Waals surface area (Å²) in [5.74, 6) is -0.450. The van der Waals surface area contributed by atoms with Gasteiger partial charge < -0.3 is 20.3 Å². The first-order valence-corrected chi connectivity index (χ1v) is 6.54. The number of benzene rings is 1. The number of carboxylic acid groups (broad SMARTS) is 1. The van der Waals surface area contributed by atoms with Gasteiger partial charge in [-0.3, -0.25) is 0 Å². The van der Waals surface area contributed by atoms with Crippen molar-refractivity contribution in [3.05, 3.63) is 23.8 Å². The Balaban J connectivity index is 1.77. The van der Waals surface area contributed by atoms with Crippen LogP contribution in [0.2, 0.25) is 0 Å². The van der Waals surface area contributed by atoms with E-state index in [9.17, 15) is 4.79 Å². The second-order valence-electron chi connectivity index (χ2n) is 4.68. The van der Waals surface area contributed by atoms with E-state index in [1.54, 1.807) is 6.07 Å². The molecule has 19 heavy (non-hydrogen) atoms. The smallest absolute Gasteiger partial charge is 0.335 e. The minimum Gasteiger partial charge on any atom is -0.491 e. The van der Waals surface area contributed by atoms with Crippen LogP contribution in [-0.2, 0) is 4.74 Å². The normalized spacial score (nSPS) is 18.4. The van der Waals surface area contributed by atoms with Crippen LogP contribution in [0.15, 0.2) is 18.2 Å². The third-order valence-electron chi connectivity index (χ3n) is 3.21. The molecule has 0 aromatic heterocycles. The Morgan fingerprint density at radius 3 is 3.00 bits per heavy atom. The minimum absolute atomic E-state index is 0.171. The molecule has 5 heteroatoms.